The maximum absolute atomic E-state index is 12.2. The van der Waals surface area contributed by atoms with Crippen molar-refractivity contribution >= 4 is 11.4 Å². The highest BCUT2D eigenvalue weighted by Crippen LogP contribution is 2.27. The highest BCUT2D eigenvalue weighted by molar-refractivity contribution is 6.10. The van der Waals surface area contributed by atoms with Crippen LogP contribution in [0.2, 0.25) is 0 Å². The fraction of sp³-hybridized carbons (Fsp3) is 0.182. The van der Waals surface area contributed by atoms with Crippen molar-refractivity contribution in [3.63, 3.8) is 0 Å². The number of hydrogen-bond acceptors (Lipinski definition) is 5. The summed E-state index contributed by atoms with van der Waals surface area (Å²) in [5.74, 6) is -0.107. The van der Waals surface area contributed by atoms with Gasteiger partial charge in [-0.15, -0.1) is 0 Å². The van der Waals surface area contributed by atoms with Gasteiger partial charge in [0.2, 0.25) is 5.71 Å². The molecule has 18 heavy (non-hydrogen) atoms. The second kappa shape index (κ2) is 6.16. The van der Waals surface area contributed by atoms with Crippen molar-refractivity contribution in [2.75, 3.05) is 5.43 Å². The Morgan fingerprint density at radius 1 is 1.39 bits per heavy atom. The molecule has 0 amide bonds. The zero-order valence-corrected chi connectivity index (χ0v) is 9.32. The van der Waals surface area contributed by atoms with E-state index < -0.39 is 12.3 Å². The Labute approximate surface area is 102 Å². The van der Waals surface area contributed by atoms with E-state index in [2.05, 4.69) is 15.3 Å². The summed E-state index contributed by atoms with van der Waals surface area (Å²) in [5.41, 5.74) is 2.78. The van der Waals surface area contributed by atoms with Gasteiger partial charge in [-0.25, -0.2) is 0 Å². The van der Waals surface area contributed by atoms with E-state index in [0.717, 1.165) is 5.56 Å². The highest BCUT2D eigenvalue weighted by Gasteiger charge is 2.09. The molecule has 0 aliphatic heterocycles. The topological polar surface area (TPSA) is 81.2 Å². The number of halogens is 2. The van der Waals surface area contributed by atoms with Crippen molar-refractivity contribution in [1.29, 1.82) is 10.5 Å². The van der Waals surface area contributed by atoms with Gasteiger partial charge in [-0.1, -0.05) is 6.07 Å². The van der Waals surface area contributed by atoms with Crippen LogP contribution in [-0.2, 0) is 0 Å². The maximum Gasteiger partial charge on any atom is 0.387 e. The Bertz CT molecular complexity index is 527. The summed E-state index contributed by atoms with van der Waals surface area (Å²) < 4.78 is 28.6. The minimum Gasteiger partial charge on any atom is -0.433 e. The molecule has 5 nitrogen and oxygen atoms in total. The van der Waals surface area contributed by atoms with Crippen molar-refractivity contribution in [3.05, 3.63) is 23.8 Å². The number of nitrogens with one attached hydrogen (secondary N) is 1. The van der Waals surface area contributed by atoms with E-state index in [4.69, 9.17) is 10.5 Å². The van der Waals surface area contributed by atoms with Crippen molar-refractivity contribution in [2.24, 2.45) is 5.10 Å². The molecule has 0 aliphatic rings. The first kappa shape index (κ1) is 13.4. The largest absolute Gasteiger partial charge is 0.433 e. The summed E-state index contributed by atoms with van der Waals surface area (Å²) in [6.45, 7) is -1.26. The number of benzene rings is 1. The van der Waals surface area contributed by atoms with E-state index >= 15 is 0 Å². The summed E-state index contributed by atoms with van der Waals surface area (Å²) in [7, 11) is 0. The molecule has 0 aromatic heterocycles. The molecule has 1 aromatic rings. The summed E-state index contributed by atoms with van der Waals surface area (Å²) in [4.78, 5) is 0. The SMILES string of the molecule is Cc1ccc(NN=C(C#N)C#N)c(OC(F)F)c1. The molecule has 0 saturated heterocycles. The molecule has 0 bridgehead atoms. The van der Waals surface area contributed by atoms with Gasteiger partial charge in [0, 0.05) is 0 Å². The molecule has 1 aromatic carbocycles. The van der Waals surface area contributed by atoms with Crippen LogP contribution in [0.5, 0.6) is 5.75 Å². The first-order chi connectivity index (χ1) is 8.56. The molecule has 0 heterocycles. The number of nitriles is 2. The van der Waals surface area contributed by atoms with E-state index in [0.29, 0.717) is 0 Å². The van der Waals surface area contributed by atoms with Crippen LogP contribution in [0.25, 0.3) is 0 Å². The summed E-state index contributed by atoms with van der Waals surface area (Å²) in [6.07, 6.45) is 0. The van der Waals surface area contributed by atoms with Gasteiger partial charge < -0.3 is 4.74 Å². The van der Waals surface area contributed by atoms with E-state index in [1.165, 1.54) is 24.3 Å². The molecular formula is C11H8F2N4O. The van der Waals surface area contributed by atoms with Crippen molar-refractivity contribution < 1.29 is 13.5 Å². The fourth-order valence-corrected chi connectivity index (χ4v) is 1.11. The second-order valence-electron chi connectivity index (χ2n) is 3.17. The maximum atomic E-state index is 12.2. The standard InChI is InChI=1S/C11H8F2N4O/c1-7-2-3-9(10(4-7)18-11(12)13)17-16-8(5-14)6-15/h2-4,11,17H,1H3. The lowest BCUT2D eigenvalue weighted by atomic mass is 10.2. The van der Waals surface area contributed by atoms with Crippen LogP contribution in [0.3, 0.4) is 0 Å². The molecular weight excluding hydrogens is 242 g/mol. The van der Waals surface area contributed by atoms with Gasteiger partial charge in [0.25, 0.3) is 0 Å². The van der Waals surface area contributed by atoms with Gasteiger partial charge in [-0.05, 0) is 24.6 Å². The highest BCUT2D eigenvalue weighted by atomic mass is 19.3. The Hall–Kier alpha value is -2.67. The molecule has 0 fully saturated rings. The Balaban J connectivity index is 2.99. The molecule has 0 spiro atoms. The van der Waals surface area contributed by atoms with Gasteiger partial charge in [-0.2, -0.15) is 24.4 Å². The van der Waals surface area contributed by atoms with Gasteiger partial charge in [-0.3, -0.25) is 5.43 Å². The smallest absolute Gasteiger partial charge is 0.387 e. The van der Waals surface area contributed by atoms with Crippen LogP contribution in [0.4, 0.5) is 14.5 Å². The zero-order valence-electron chi connectivity index (χ0n) is 9.32. The van der Waals surface area contributed by atoms with Crippen LogP contribution >= 0.6 is 0 Å². The number of aryl methyl sites for hydroxylation is 1. The predicted molar refractivity (Wildman–Crippen MR) is 60.1 cm³/mol. The van der Waals surface area contributed by atoms with Crippen molar-refractivity contribution in [2.45, 2.75) is 13.5 Å². The fourth-order valence-electron chi connectivity index (χ4n) is 1.11. The summed E-state index contributed by atoms with van der Waals surface area (Å²) >= 11 is 0. The zero-order chi connectivity index (χ0) is 13.5. The average molecular weight is 250 g/mol. The average Bonchev–Trinajstić information content (AvgIpc) is 2.32. The van der Waals surface area contributed by atoms with E-state index in [1.807, 2.05) is 0 Å². The Morgan fingerprint density at radius 2 is 2.06 bits per heavy atom. The van der Waals surface area contributed by atoms with E-state index in [-0.39, 0.29) is 11.4 Å². The van der Waals surface area contributed by atoms with Crippen LogP contribution in [0.15, 0.2) is 23.3 Å². The number of hydrogen-bond donors (Lipinski definition) is 1. The lowest BCUT2D eigenvalue weighted by Gasteiger charge is -2.10. The predicted octanol–water partition coefficient (Wildman–Crippen LogP) is 2.41. The van der Waals surface area contributed by atoms with E-state index in [9.17, 15) is 8.78 Å². The lowest BCUT2D eigenvalue weighted by Crippen LogP contribution is -2.05. The number of alkyl halides is 2. The minimum absolute atomic E-state index is 0.107. The Kier molecular flexibility index (Phi) is 4.58. The summed E-state index contributed by atoms with van der Waals surface area (Å²) in [6, 6.07) is 7.56. The normalized spacial score (nSPS) is 9.22. The summed E-state index contributed by atoms with van der Waals surface area (Å²) in [5, 5.41) is 20.4. The minimum atomic E-state index is -2.97. The molecule has 1 rings (SSSR count). The van der Waals surface area contributed by atoms with Crippen LogP contribution in [0.1, 0.15) is 5.56 Å². The number of hydrazone groups is 1. The first-order valence-electron chi connectivity index (χ1n) is 4.76. The third-order valence-electron chi connectivity index (χ3n) is 1.85. The molecule has 0 radical (unpaired) electrons. The number of ether oxygens (including phenoxy) is 1. The first-order valence-corrected chi connectivity index (χ1v) is 4.76. The van der Waals surface area contributed by atoms with Gasteiger partial charge in [0.1, 0.15) is 12.1 Å². The number of rotatable bonds is 4. The van der Waals surface area contributed by atoms with Gasteiger partial charge in [0.05, 0.1) is 5.69 Å². The van der Waals surface area contributed by atoms with Crippen LogP contribution < -0.4 is 10.2 Å². The van der Waals surface area contributed by atoms with Crippen molar-refractivity contribution in [1.82, 2.24) is 0 Å². The van der Waals surface area contributed by atoms with Crippen LogP contribution in [-0.4, -0.2) is 12.3 Å². The molecule has 0 saturated carbocycles. The number of anilines is 1. The van der Waals surface area contributed by atoms with Gasteiger partial charge >= 0.3 is 6.61 Å². The quantitative estimate of drug-likeness (QED) is 0.657. The third-order valence-corrected chi connectivity index (χ3v) is 1.85. The Morgan fingerprint density at radius 3 is 2.61 bits per heavy atom. The molecule has 0 unspecified atom stereocenters. The lowest BCUT2D eigenvalue weighted by molar-refractivity contribution is -0.0493. The number of nitrogens with zero attached hydrogens (tertiary/aromatic N) is 3. The second-order valence-corrected chi connectivity index (χ2v) is 3.17. The van der Waals surface area contributed by atoms with Crippen molar-refractivity contribution in [3.8, 4) is 17.9 Å². The molecule has 7 heteroatoms. The van der Waals surface area contributed by atoms with E-state index in [1.54, 1.807) is 13.0 Å². The molecule has 92 valence electrons. The monoisotopic (exact) mass is 250 g/mol. The molecule has 0 aliphatic carbocycles. The molecule has 0 atom stereocenters. The van der Waals surface area contributed by atoms with Gasteiger partial charge in [0.15, 0.2) is 5.75 Å². The van der Waals surface area contributed by atoms with Crippen LogP contribution in [0, 0.1) is 29.6 Å². The third kappa shape index (κ3) is 3.72. The molecule has 1 N–H and O–H groups in total.